The summed E-state index contributed by atoms with van der Waals surface area (Å²) in [5.41, 5.74) is 0. The molecule has 0 aromatic rings. The van der Waals surface area contributed by atoms with E-state index in [0.29, 0.717) is 0 Å². The molecule has 0 amide bonds. The van der Waals surface area contributed by atoms with Gasteiger partial charge in [-0.1, -0.05) is 0 Å². The standard InChI is InChI=1S/2C2H5ClO2S.Zn/c2*3-1-2-6(4)5;/h2*1-2H2,(H,4,5);. The van der Waals surface area contributed by atoms with Gasteiger partial charge in [0, 0.05) is 31.2 Å². The molecule has 0 aliphatic carbocycles. The molecule has 0 heterocycles. The zero-order valence-corrected chi connectivity index (χ0v) is 12.9. The summed E-state index contributed by atoms with van der Waals surface area (Å²) in [6.07, 6.45) is 0. The molecule has 0 aliphatic heterocycles. The molecule has 2 atom stereocenters. The van der Waals surface area contributed by atoms with Crippen molar-refractivity contribution < 1.29 is 37.0 Å². The van der Waals surface area contributed by atoms with Crippen molar-refractivity contribution >= 4 is 45.4 Å². The number of alkyl halides is 2. The molecule has 4 nitrogen and oxygen atoms in total. The molecule has 0 saturated carbocycles. The number of hydrogen-bond acceptors (Lipinski definition) is 2. The van der Waals surface area contributed by atoms with Gasteiger partial charge in [-0.25, -0.2) is 8.42 Å². The Balaban J connectivity index is -0.000000143. The zero-order valence-electron chi connectivity index (χ0n) is 6.82. The second-order valence-electron chi connectivity index (χ2n) is 1.43. The van der Waals surface area contributed by atoms with E-state index in [9.17, 15) is 8.42 Å². The van der Waals surface area contributed by atoms with Gasteiger partial charge in [-0.2, -0.15) is 0 Å². The van der Waals surface area contributed by atoms with Crippen molar-refractivity contribution in [2.75, 3.05) is 23.3 Å². The fraction of sp³-hybridized carbons (Fsp3) is 1.00. The van der Waals surface area contributed by atoms with Crippen LogP contribution < -0.4 is 0 Å². The fourth-order valence-corrected chi connectivity index (χ4v) is 1.19. The van der Waals surface area contributed by atoms with Crippen LogP contribution in [-0.2, 0) is 41.6 Å². The van der Waals surface area contributed by atoms with Gasteiger partial charge < -0.3 is 9.11 Å². The third-order valence-corrected chi connectivity index (χ3v) is 2.44. The van der Waals surface area contributed by atoms with Crippen molar-refractivity contribution in [2.24, 2.45) is 0 Å². The molecule has 0 rings (SSSR count). The molecule has 2 unspecified atom stereocenters. The molecule has 2 N–H and O–H groups in total. The van der Waals surface area contributed by atoms with Gasteiger partial charge in [-0.05, 0) is 0 Å². The zero-order chi connectivity index (χ0) is 9.98. The first-order valence-corrected chi connectivity index (χ1v) is 6.43. The van der Waals surface area contributed by atoms with Crippen LogP contribution in [0.5, 0.6) is 0 Å². The minimum Gasteiger partial charge on any atom is -0.306 e. The van der Waals surface area contributed by atoms with Gasteiger partial charge in [-0.3, -0.25) is 0 Å². The Bertz CT molecular complexity index is 132. The maximum atomic E-state index is 9.63. The average Bonchev–Trinajstić information content (AvgIpc) is 1.87. The Hall–Kier alpha value is 1.42. The van der Waals surface area contributed by atoms with Crippen LogP contribution in [0.4, 0.5) is 0 Å². The molecule has 0 saturated heterocycles. The van der Waals surface area contributed by atoms with Gasteiger partial charge >= 0.3 is 0 Å². The molecule has 0 aliphatic rings. The molecule has 0 bridgehead atoms. The fourth-order valence-electron chi connectivity index (χ4n) is 0.132. The summed E-state index contributed by atoms with van der Waals surface area (Å²) in [6.45, 7) is 0. The van der Waals surface area contributed by atoms with E-state index < -0.39 is 22.2 Å². The number of rotatable bonds is 4. The van der Waals surface area contributed by atoms with Crippen molar-refractivity contribution in [2.45, 2.75) is 0 Å². The first-order chi connectivity index (χ1) is 5.54. The van der Waals surface area contributed by atoms with Crippen LogP contribution in [0, 0.1) is 0 Å². The molecule has 0 aromatic carbocycles. The summed E-state index contributed by atoms with van der Waals surface area (Å²) >= 11 is 6.69. The van der Waals surface area contributed by atoms with Gasteiger partial charge in [-0.15, -0.1) is 23.2 Å². The van der Waals surface area contributed by atoms with Crippen molar-refractivity contribution in [1.82, 2.24) is 0 Å². The minimum atomic E-state index is -1.70. The minimum absolute atomic E-state index is 0. The van der Waals surface area contributed by atoms with Crippen LogP contribution in [0.1, 0.15) is 0 Å². The smallest absolute Gasteiger partial charge is 0.153 e. The molecule has 0 fully saturated rings. The number of hydrogen-bond donors (Lipinski definition) is 2. The van der Waals surface area contributed by atoms with Crippen LogP contribution in [0.2, 0.25) is 0 Å². The SMILES string of the molecule is O=S(O)CCCl.O=S(O)CCCl.[Zn]. The van der Waals surface area contributed by atoms with E-state index in [-0.39, 0.29) is 42.7 Å². The maximum Gasteiger partial charge on any atom is 0.153 e. The van der Waals surface area contributed by atoms with E-state index >= 15 is 0 Å². The molecule has 0 radical (unpaired) electrons. The normalized spacial score (nSPS) is 13.2. The summed E-state index contributed by atoms with van der Waals surface area (Å²) in [4.78, 5) is 0. The predicted molar refractivity (Wildman–Crippen MR) is 52.7 cm³/mol. The van der Waals surface area contributed by atoms with Gasteiger partial charge in [0.1, 0.15) is 0 Å². The molecule has 13 heavy (non-hydrogen) atoms. The Labute approximate surface area is 105 Å². The van der Waals surface area contributed by atoms with Crippen molar-refractivity contribution in [3.8, 4) is 0 Å². The number of halogens is 2. The van der Waals surface area contributed by atoms with E-state index in [1.807, 2.05) is 0 Å². The van der Waals surface area contributed by atoms with E-state index in [1.165, 1.54) is 0 Å². The Morgan fingerprint density at radius 1 is 0.923 bits per heavy atom. The monoisotopic (exact) mass is 320 g/mol. The van der Waals surface area contributed by atoms with E-state index in [2.05, 4.69) is 0 Å². The van der Waals surface area contributed by atoms with Gasteiger partial charge in [0.15, 0.2) is 22.2 Å². The largest absolute Gasteiger partial charge is 0.306 e. The molecule has 9 heteroatoms. The van der Waals surface area contributed by atoms with Crippen molar-refractivity contribution in [1.29, 1.82) is 0 Å². The van der Waals surface area contributed by atoms with Crippen molar-refractivity contribution in [3.63, 3.8) is 0 Å². The van der Waals surface area contributed by atoms with Crippen molar-refractivity contribution in [3.05, 3.63) is 0 Å². The van der Waals surface area contributed by atoms with Crippen LogP contribution in [0.15, 0.2) is 0 Å². The maximum absolute atomic E-state index is 9.63. The van der Waals surface area contributed by atoms with Crippen LogP contribution in [0.25, 0.3) is 0 Å². The average molecular weight is 323 g/mol. The van der Waals surface area contributed by atoms with Crippen LogP contribution >= 0.6 is 23.2 Å². The van der Waals surface area contributed by atoms with E-state index in [0.717, 1.165) is 0 Å². The first-order valence-electron chi connectivity index (χ1n) is 2.81. The quantitative estimate of drug-likeness (QED) is 0.458. The summed E-state index contributed by atoms with van der Waals surface area (Å²) < 4.78 is 35.1. The molecular weight excluding hydrogens is 312 g/mol. The molecular formula is C4H10Cl2O4S2Zn. The van der Waals surface area contributed by atoms with E-state index in [4.69, 9.17) is 32.3 Å². The summed E-state index contributed by atoms with van der Waals surface area (Å²) in [6, 6.07) is 0. The molecule has 0 aromatic heterocycles. The summed E-state index contributed by atoms with van der Waals surface area (Å²) in [7, 11) is 0. The first kappa shape index (κ1) is 19.9. The summed E-state index contributed by atoms with van der Waals surface area (Å²) in [5.74, 6) is 0.843. The van der Waals surface area contributed by atoms with Gasteiger partial charge in [0.2, 0.25) is 0 Å². The topological polar surface area (TPSA) is 74.6 Å². The molecule has 0 spiro atoms. The Kier molecular flexibility index (Phi) is 24.3. The second kappa shape index (κ2) is 15.9. The van der Waals surface area contributed by atoms with Crippen LogP contribution in [0.3, 0.4) is 0 Å². The van der Waals surface area contributed by atoms with Gasteiger partial charge in [0.25, 0.3) is 0 Å². The second-order valence-corrected chi connectivity index (χ2v) is 4.29. The Morgan fingerprint density at radius 3 is 1.15 bits per heavy atom. The van der Waals surface area contributed by atoms with Crippen LogP contribution in [-0.4, -0.2) is 40.8 Å². The third kappa shape index (κ3) is 31.8. The summed E-state index contributed by atoms with van der Waals surface area (Å²) in [5, 5.41) is 0. The van der Waals surface area contributed by atoms with E-state index in [1.54, 1.807) is 0 Å². The predicted octanol–water partition coefficient (Wildman–Crippen LogP) is 0.891. The third-order valence-electron chi connectivity index (χ3n) is 0.504. The molecule has 78 valence electrons. The van der Waals surface area contributed by atoms with Gasteiger partial charge in [0.05, 0.1) is 11.5 Å². The Morgan fingerprint density at radius 2 is 1.15 bits per heavy atom.